The molecule has 26 heavy (non-hydrogen) atoms. The van der Waals surface area contributed by atoms with E-state index in [4.69, 9.17) is 10.5 Å². The lowest BCUT2D eigenvalue weighted by atomic mass is 9.82. The SMILES string of the molecule is C=Cc1c(NC)ccc2c1OC(N)=C(C#N)C2c1cccc([N+](=O)[O-])c1. The molecular weight excluding hydrogens is 332 g/mol. The van der Waals surface area contributed by atoms with Gasteiger partial charge >= 0.3 is 0 Å². The summed E-state index contributed by atoms with van der Waals surface area (Å²) in [5.74, 6) is -0.0963. The topological polar surface area (TPSA) is 114 Å². The van der Waals surface area contributed by atoms with Gasteiger partial charge in [0.1, 0.15) is 17.4 Å². The van der Waals surface area contributed by atoms with Crippen molar-refractivity contribution in [2.75, 3.05) is 12.4 Å². The number of nitrogens with two attached hydrogens (primary N) is 1. The van der Waals surface area contributed by atoms with Crippen LogP contribution in [0.5, 0.6) is 5.75 Å². The van der Waals surface area contributed by atoms with Gasteiger partial charge in [-0.1, -0.05) is 30.9 Å². The third-order valence-electron chi connectivity index (χ3n) is 4.31. The molecule has 0 saturated carbocycles. The maximum Gasteiger partial charge on any atom is 0.269 e. The fourth-order valence-corrected chi connectivity index (χ4v) is 3.12. The fraction of sp³-hybridized carbons (Fsp3) is 0.105. The van der Waals surface area contributed by atoms with E-state index >= 15 is 0 Å². The minimum Gasteiger partial charge on any atom is -0.439 e. The van der Waals surface area contributed by atoms with Crippen LogP contribution in [0.2, 0.25) is 0 Å². The average Bonchev–Trinajstić information content (AvgIpc) is 2.65. The highest BCUT2D eigenvalue weighted by Gasteiger charge is 2.33. The third-order valence-corrected chi connectivity index (χ3v) is 4.31. The summed E-state index contributed by atoms with van der Waals surface area (Å²) in [5.41, 5.74) is 8.95. The smallest absolute Gasteiger partial charge is 0.269 e. The number of nitro benzene ring substituents is 1. The quantitative estimate of drug-likeness (QED) is 0.645. The van der Waals surface area contributed by atoms with Gasteiger partial charge in [-0.3, -0.25) is 10.1 Å². The number of anilines is 1. The summed E-state index contributed by atoms with van der Waals surface area (Å²) in [4.78, 5) is 10.7. The van der Waals surface area contributed by atoms with Gasteiger partial charge in [0.25, 0.3) is 5.69 Å². The van der Waals surface area contributed by atoms with Crippen LogP contribution in [0.15, 0.2) is 54.4 Å². The fourth-order valence-electron chi connectivity index (χ4n) is 3.12. The summed E-state index contributed by atoms with van der Waals surface area (Å²) >= 11 is 0. The van der Waals surface area contributed by atoms with E-state index in [2.05, 4.69) is 18.0 Å². The van der Waals surface area contributed by atoms with Crippen LogP contribution in [-0.4, -0.2) is 12.0 Å². The van der Waals surface area contributed by atoms with Gasteiger partial charge in [-0.05, 0) is 11.6 Å². The molecule has 2 aromatic rings. The number of non-ortho nitro benzene ring substituents is 1. The Kier molecular flexibility index (Phi) is 4.33. The van der Waals surface area contributed by atoms with E-state index in [0.29, 0.717) is 22.4 Å². The normalized spacial score (nSPS) is 15.5. The second-order valence-electron chi connectivity index (χ2n) is 5.68. The van der Waals surface area contributed by atoms with Gasteiger partial charge in [-0.2, -0.15) is 5.26 Å². The van der Waals surface area contributed by atoms with Crippen LogP contribution in [0.25, 0.3) is 6.08 Å². The number of benzene rings is 2. The highest BCUT2D eigenvalue weighted by Crippen LogP contribution is 2.46. The van der Waals surface area contributed by atoms with Gasteiger partial charge in [0.15, 0.2) is 0 Å². The molecule has 0 fully saturated rings. The van der Waals surface area contributed by atoms with Crippen molar-refractivity contribution in [1.29, 1.82) is 5.26 Å². The lowest BCUT2D eigenvalue weighted by molar-refractivity contribution is -0.384. The third kappa shape index (κ3) is 2.63. The molecule has 1 atom stereocenters. The number of hydrogen-bond donors (Lipinski definition) is 2. The van der Waals surface area contributed by atoms with Gasteiger partial charge in [0, 0.05) is 36.0 Å². The molecule has 0 spiro atoms. The van der Waals surface area contributed by atoms with Crippen LogP contribution >= 0.6 is 0 Å². The second-order valence-corrected chi connectivity index (χ2v) is 5.68. The van der Waals surface area contributed by atoms with Crippen molar-refractivity contribution in [3.63, 3.8) is 0 Å². The lowest BCUT2D eigenvalue weighted by Crippen LogP contribution is -2.22. The lowest BCUT2D eigenvalue weighted by Gasteiger charge is -2.28. The first-order valence-corrected chi connectivity index (χ1v) is 7.80. The van der Waals surface area contributed by atoms with Crippen LogP contribution in [0.1, 0.15) is 22.6 Å². The molecule has 0 aliphatic carbocycles. The van der Waals surface area contributed by atoms with Gasteiger partial charge in [0.2, 0.25) is 5.88 Å². The maximum absolute atomic E-state index is 11.1. The predicted octanol–water partition coefficient (Wildman–Crippen LogP) is 3.50. The van der Waals surface area contributed by atoms with Crippen molar-refractivity contribution in [2.45, 2.75) is 5.92 Å². The molecule has 7 heteroatoms. The molecule has 1 unspecified atom stereocenters. The minimum atomic E-state index is -0.562. The second kappa shape index (κ2) is 6.61. The molecule has 1 aliphatic rings. The van der Waals surface area contributed by atoms with Crippen LogP contribution in [0.3, 0.4) is 0 Å². The van der Waals surface area contributed by atoms with Crippen molar-refractivity contribution < 1.29 is 9.66 Å². The number of rotatable bonds is 4. The van der Waals surface area contributed by atoms with Crippen LogP contribution < -0.4 is 15.8 Å². The van der Waals surface area contributed by atoms with E-state index in [-0.39, 0.29) is 17.1 Å². The molecule has 7 nitrogen and oxygen atoms in total. The molecule has 1 heterocycles. The first-order chi connectivity index (χ1) is 12.5. The zero-order valence-electron chi connectivity index (χ0n) is 14.0. The number of nitro groups is 1. The highest BCUT2D eigenvalue weighted by atomic mass is 16.6. The molecule has 0 radical (unpaired) electrons. The number of fused-ring (bicyclic) bond motifs is 1. The van der Waals surface area contributed by atoms with E-state index in [9.17, 15) is 15.4 Å². The van der Waals surface area contributed by atoms with Gasteiger partial charge in [-0.15, -0.1) is 0 Å². The van der Waals surface area contributed by atoms with Crippen molar-refractivity contribution in [3.8, 4) is 11.8 Å². The predicted molar refractivity (Wildman–Crippen MR) is 98.5 cm³/mol. The Hall–Kier alpha value is -3.79. The average molecular weight is 348 g/mol. The Morgan fingerprint density at radius 3 is 2.81 bits per heavy atom. The summed E-state index contributed by atoms with van der Waals surface area (Å²) in [5, 5.41) is 23.8. The van der Waals surface area contributed by atoms with Crippen molar-refractivity contribution in [1.82, 2.24) is 0 Å². The molecule has 0 bridgehead atoms. The van der Waals surface area contributed by atoms with Crippen molar-refractivity contribution in [3.05, 3.63) is 81.2 Å². The Morgan fingerprint density at radius 2 is 2.19 bits per heavy atom. The molecular formula is C19H16N4O3. The Labute approximate surface area is 150 Å². The van der Waals surface area contributed by atoms with Crippen LogP contribution in [0.4, 0.5) is 11.4 Å². The number of nitriles is 1. The summed E-state index contributed by atoms with van der Waals surface area (Å²) in [6.07, 6.45) is 1.64. The van der Waals surface area contributed by atoms with E-state index in [1.807, 2.05) is 12.1 Å². The van der Waals surface area contributed by atoms with E-state index in [0.717, 1.165) is 5.69 Å². The van der Waals surface area contributed by atoms with Crippen molar-refractivity contribution in [2.24, 2.45) is 5.73 Å². The highest BCUT2D eigenvalue weighted by molar-refractivity contribution is 5.75. The Bertz CT molecular complexity index is 989. The monoisotopic (exact) mass is 348 g/mol. The summed E-state index contributed by atoms with van der Waals surface area (Å²) < 4.78 is 5.72. The number of allylic oxidation sites excluding steroid dienone is 1. The summed E-state index contributed by atoms with van der Waals surface area (Å²) in [6.45, 7) is 3.82. The molecule has 0 amide bonds. The zero-order chi connectivity index (χ0) is 18.8. The summed E-state index contributed by atoms with van der Waals surface area (Å²) in [7, 11) is 1.77. The molecule has 3 rings (SSSR count). The number of ether oxygens (including phenoxy) is 1. The molecule has 130 valence electrons. The molecule has 1 aliphatic heterocycles. The van der Waals surface area contributed by atoms with E-state index in [1.54, 1.807) is 25.3 Å². The Morgan fingerprint density at radius 1 is 1.42 bits per heavy atom. The first-order valence-electron chi connectivity index (χ1n) is 7.80. The molecule has 0 saturated heterocycles. The minimum absolute atomic E-state index is 0.0205. The van der Waals surface area contributed by atoms with Gasteiger partial charge in [-0.25, -0.2) is 0 Å². The number of hydrogen-bond acceptors (Lipinski definition) is 6. The zero-order valence-corrected chi connectivity index (χ0v) is 14.0. The number of nitrogens with one attached hydrogen (secondary N) is 1. The van der Waals surface area contributed by atoms with Crippen molar-refractivity contribution >= 4 is 17.5 Å². The number of nitrogens with zero attached hydrogens (tertiary/aromatic N) is 2. The molecule has 2 aromatic carbocycles. The van der Waals surface area contributed by atoms with Gasteiger partial charge in [0.05, 0.1) is 10.8 Å². The van der Waals surface area contributed by atoms with Crippen LogP contribution in [-0.2, 0) is 0 Å². The largest absolute Gasteiger partial charge is 0.439 e. The van der Waals surface area contributed by atoms with E-state index in [1.165, 1.54) is 12.1 Å². The maximum atomic E-state index is 11.1. The van der Waals surface area contributed by atoms with Gasteiger partial charge < -0.3 is 15.8 Å². The van der Waals surface area contributed by atoms with Crippen LogP contribution in [0, 0.1) is 21.4 Å². The molecule has 3 N–H and O–H groups in total. The standard InChI is InChI=1S/C19H16N4O3/c1-3-13-16(22-2)8-7-14-17(15(10-20)19(21)26-18(13)14)11-5-4-6-12(9-11)23(24)25/h3-9,17,22H,1,21H2,2H3. The summed E-state index contributed by atoms with van der Waals surface area (Å²) in [6, 6.07) is 11.9. The van der Waals surface area contributed by atoms with E-state index < -0.39 is 10.8 Å². The molecule has 0 aromatic heterocycles. The first kappa shape index (κ1) is 17.0. The Balaban J connectivity index is 2.28.